The van der Waals surface area contributed by atoms with Gasteiger partial charge >= 0.3 is 0 Å². The smallest absolute Gasteiger partial charge is 0.166 e. The zero-order valence-corrected chi connectivity index (χ0v) is 12.8. The highest BCUT2D eigenvalue weighted by molar-refractivity contribution is 7.80. The number of rotatable bonds is 5. The molecule has 3 nitrogen and oxygen atoms in total. The van der Waals surface area contributed by atoms with Gasteiger partial charge in [0.25, 0.3) is 0 Å². The molecule has 0 aliphatic rings. The third kappa shape index (κ3) is 4.11. The van der Waals surface area contributed by atoms with Gasteiger partial charge in [0, 0.05) is 13.6 Å². The number of thiocarbonyl (C=S) groups is 1. The van der Waals surface area contributed by atoms with Crippen molar-refractivity contribution < 1.29 is 4.74 Å². The first-order valence-corrected chi connectivity index (χ1v) is 7.19. The second kappa shape index (κ2) is 7.51. The normalized spacial score (nSPS) is 9.90. The lowest BCUT2D eigenvalue weighted by atomic mass is 10.0. The highest BCUT2D eigenvalue weighted by Crippen LogP contribution is 2.24. The van der Waals surface area contributed by atoms with Crippen LogP contribution in [0.1, 0.15) is 5.56 Å². The Morgan fingerprint density at radius 1 is 1.33 bits per heavy atom. The van der Waals surface area contributed by atoms with E-state index in [0.29, 0.717) is 5.11 Å². The minimum absolute atomic E-state index is 0.283. The number of fused-ring (bicyclic) bond motifs is 1. The monoisotopic (exact) mass is 298 g/mol. The SMILES string of the molecule is C#CCOc1ccc2cccc(CCNC(=S)NC)c2c1. The number of hydrogen-bond donors (Lipinski definition) is 2. The maximum Gasteiger partial charge on any atom is 0.166 e. The van der Waals surface area contributed by atoms with Crippen molar-refractivity contribution in [1.29, 1.82) is 0 Å². The second-order valence-corrected chi connectivity index (χ2v) is 4.96. The standard InChI is InChI=1S/C17H18N2OS/c1-3-11-20-15-8-7-13-5-4-6-14(16(13)12-15)9-10-19-17(21)18-2/h1,4-8,12H,9-11H2,2H3,(H2,18,19,21). The zero-order valence-electron chi connectivity index (χ0n) is 12.0. The molecule has 0 bridgehead atoms. The van der Waals surface area contributed by atoms with Gasteiger partial charge in [-0.3, -0.25) is 0 Å². The Morgan fingerprint density at radius 3 is 2.95 bits per heavy atom. The van der Waals surface area contributed by atoms with Gasteiger partial charge in [0.1, 0.15) is 12.4 Å². The first-order valence-electron chi connectivity index (χ1n) is 6.78. The van der Waals surface area contributed by atoms with Crippen molar-refractivity contribution >= 4 is 28.1 Å². The van der Waals surface area contributed by atoms with Crippen LogP contribution in [-0.2, 0) is 6.42 Å². The van der Waals surface area contributed by atoms with E-state index in [4.69, 9.17) is 23.4 Å². The van der Waals surface area contributed by atoms with E-state index in [0.717, 1.165) is 18.7 Å². The Kier molecular flexibility index (Phi) is 5.42. The Hall–Kier alpha value is -2.25. The maximum absolute atomic E-state index is 5.50. The van der Waals surface area contributed by atoms with Crippen LogP contribution in [0.2, 0.25) is 0 Å². The van der Waals surface area contributed by atoms with Crippen LogP contribution in [0, 0.1) is 12.3 Å². The lowest BCUT2D eigenvalue weighted by Gasteiger charge is -2.10. The fraction of sp³-hybridized carbons (Fsp3) is 0.235. The van der Waals surface area contributed by atoms with Gasteiger partial charge in [-0.1, -0.05) is 30.2 Å². The van der Waals surface area contributed by atoms with Crippen LogP contribution in [0.4, 0.5) is 0 Å². The molecule has 0 atom stereocenters. The van der Waals surface area contributed by atoms with E-state index >= 15 is 0 Å². The fourth-order valence-electron chi connectivity index (χ4n) is 2.15. The molecule has 0 unspecified atom stereocenters. The summed E-state index contributed by atoms with van der Waals surface area (Å²) in [5, 5.41) is 9.10. The number of hydrogen-bond acceptors (Lipinski definition) is 2. The summed E-state index contributed by atoms with van der Waals surface area (Å²) in [5.74, 6) is 3.28. The molecule has 0 amide bonds. The van der Waals surface area contributed by atoms with Gasteiger partial charge in [-0.15, -0.1) is 6.42 Å². The number of benzene rings is 2. The summed E-state index contributed by atoms with van der Waals surface area (Å²) < 4.78 is 5.50. The molecule has 21 heavy (non-hydrogen) atoms. The lowest BCUT2D eigenvalue weighted by Crippen LogP contribution is -2.33. The van der Waals surface area contributed by atoms with Crippen LogP contribution >= 0.6 is 12.2 Å². The minimum atomic E-state index is 0.283. The van der Waals surface area contributed by atoms with Crippen molar-refractivity contribution in [2.24, 2.45) is 0 Å². The molecule has 108 valence electrons. The van der Waals surface area contributed by atoms with Crippen molar-refractivity contribution in [2.45, 2.75) is 6.42 Å². The highest BCUT2D eigenvalue weighted by atomic mass is 32.1. The quantitative estimate of drug-likeness (QED) is 0.656. The summed E-state index contributed by atoms with van der Waals surface area (Å²) in [6.07, 6.45) is 6.11. The average Bonchev–Trinajstić information content (AvgIpc) is 2.52. The Morgan fingerprint density at radius 2 is 2.19 bits per heavy atom. The van der Waals surface area contributed by atoms with Gasteiger partial charge in [0.05, 0.1) is 0 Å². The number of nitrogens with one attached hydrogen (secondary N) is 2. The van der Waals surface area contributed by atoms with Crippen molar-refractivity contribution in [1.82, 2.24) is 10.6 Å². The number of ether oxygens (including phenoxy) is 1. The van der Waals surface area contributed by atoms with E-state index < -0.39 is 0 Å². The van der Waals surface area contributed by atoms with E-state index in [-0.39, 0.29) is 6.61 Å². The van der Waals surface area contributed by atoms with Crippen molar-refractivity contribution in [3.8, 4) is 18.1 Å². The first-order chi connectivity index (χ1) is 10.2. The second-order valence-electron chi connectivity index (χ2n) is 4.55. The zero-order chi connectivity index (χ0) is 15.1. The Bertz CT molecular complexity index is 676. The van der Waals surface area contributed by atoms with Crippen molar-refractivity contribution in [3.63, 3.8) is 0 Å². The Labute approximate surface area is 130 Å². The summed E-state index contributed by atoms with van der Waals surface area (Å²) in [4.78, 5) is 0. The molecule has 2 N–H and O–H groups in total. The van der Waals surface area contributed by atoms with Crippen LogP contribution in [0.3, 0.4) is 0 Å². The molecule has 0 aliphatic carbocycles. The van der Waals surface area contributed by atoms with E-state index in [1.807, 2.05) is 19.2 Å². The summed E-state index contributed by atoms with van der Waals surface area (Å²) in [5.41, 5.74) is 1.25. The third-order valence-corrected chi connectivity index (χ3v) is 3.52. The molecule has 4 heteroatoms. The molecular formula is C17H18N2OS. The van der Waals surface area contributed by atoms with E-state index in [1.54, 1.807) is 0 Å². The van der Waals surface area contributed by atoms with Gasteiger partial charge in [0.15, 0.2) is 5.11 Å². The third-order valence-electron chi connectivity index (χ3n) is 3.17. The van der Waals surface area contributed by atoms with Crippen LogP contribution in [0.15, 0.2) is 36.4 Å². The summed E-state index contributed by atoms with van der Waals surface area (Å²) in [7, 11) is 1.81. The molecule has 0 heterocycles. The van der Waals surface area contributed by atoms with Crippen LogP contribution in [0.5, 0.6) is 5.75 Å². The van der Waals surface area contributed by atoms with Gasteiger partial charge in [-0.25, -0.2) is 0 Å². The van der Waals surface area contributed by atoms with Gasteiger partial charge in [-0.2, -0.15) is 0 Å². The minimum Gasteiger partial charge on any atom is -0.481 e. The van der Waals surface area contributed by atoms with Gasteiger partial charge < -0.3 is 15.4 Å². The molecule has 0 radical (unpaired) electrons. The van der Waals surface area contributed by atoms with E-state index in [1.165, 1.54) is 16.3 Å². The van der Waals surface area contributed by atoms with Crippen molar-refractivity contribution in [2.75, 3.05) is 20.2 Å². The number of terminal acetylenes is 1. The highest BCUT2D eigenvalue weighted by Gasteiger charge is 2.03. The van der Waals surface area contributed by atoms with E-state index in [2.05, 4.69) is 40.8 Å². The predicted octanol–water partition coefficient (Wildman–Crippen LogP) is 2.49. The van der Waals surface area contributed by atoms with Crippen LogP contribution in [-0.4, -0.2) is 25.3 Å². The molecular weight excluding hydrogens is 280 g/mol. The Balaban J connectivity index is 2.18. The summed E-state index contributed by atoms with van der Waals surface area (Å²) in [6, 6.07) is 12.3. The summed E-state index contributed by atoms with van der Waals surface area (Å²) >= 11 is 5.07. The van der Waals surface area contributed by atoms with Crippen molar-refractivity contribution in [3.05, 3.63) is 42.0 Å². The molecule has 0 saturated heterocycles. The molecule has 0 spiro atoms. The van der Waals surface area contributed by atoms with Gasteiger partial charge in [-0.05, 0) is 47.1 Å². The van der Waals surface area contributed by atoms with Crippen LogP contribution in [0.25, 0.3) is 10.8 Å². The summed E-state index contributed by atoms with van der Waals surface area (Å²) in [6.45, 7) is 1.07. The molecule has 0 saturated carbocycles. The lowest BCUT2D eigenvalue weighted by molar-refractivity contribution is 0.371. The topological polar surface area (TPSA) is 33.3 Å². The molecule has 2 aromatic rings. The molecule has 0 aliphatic heterocycles. The van der Waals surface area contributed by atoms with Gasteiger partial charge in [0.2, 0.25) is 0 Å². The maximum atomic E-state index is 5.50. The molecule has 2 aromatic carbocycles. The largest absolute Gasteiger partial charge is 0.481 e. The average molecular weight is 298 g/mol. The molecule has 0 aromatic heterocycles. The fourth-order valence-corrected chi connectivity index (χ4v) is 2.25. The van der Waals surface area contributed by atoms with E-state index in [9.17, 15) is 0 Å². The molecule has 0 fully saturated rings. The van der Waals surface area contributed by atoms with Crippen LogP contribution < -0.4 is 15.4 Å². The predicted molar refractivity (Wildman–Crippen MR) is 91.6 cm³/mol. The molecule has 2 rings (SSSR count). The first kappa shape index (κ1) is 15.1.